The van der Waals surface area contributed by atoms with Crippen LogP contribution < -0.4 is 5.32 Å². The van der Waals surface area contributed by atoms with Crippen LogP contribution in [-0.2, 0) is 14.8 Å². The minimum Gasteiger partial charge on any atom is -0.508 e. The van der Waals surface area contributed by atoms with Gasteiger partial charge in [0.2, 0.25) is 15.9 Å². The van der Waals surface area contributed by atoms with Crippen LogP contribution in [0.1, 0.15) is 18.4 Å². The third-order valence-electron chi connectivity index (χ3n) is 4.14. The predicted octanol–water partition coefficient (Wildman–Crippen LogP) is 2.83. The van der Waals surface area contributed by atoms with Crippen LogP contribution in [0.4, 0.5) is 5.69 Å². The summed E-state index contributed by atoms with van der Waals surface area (Å²) in [6.45, 7) is 1.12. The van der Waals surface area contributed by atoms with Crippen molar-refractivity contribution in [3.8, 4) is 5.75 Å². The maximum Gasteiger partial charge on any atom is 0.248 e. The molecule has 2 aromatic carbocycles. The molecule has 0 aliphatic carbocycles. The Morgan fingerprint density at radius 3 is 2.23 bits per heavy atom. The van der Waals surface area contributed by atoms with Crippen molar-refractivity contribution in [2.24, 2.45) is 0 Å². The molecule has 0 radical (unpaired) electrons. The van der Waals surface area contributed by atoms with Crippen LogP contribution in [0, 0.1) is 0 Å². The smallest absolute Gasteiger partial charge is 0.248 e. The second-order valence-corrected chi connectivity index (χ2v) is 7.99. The fourth-order valence-corrected chi connectivity index (χ4v) is 4.25. The monoisotopic (exact) mass is 372 g/mol. The van der Waals surface area contributed by atoms with Crippen LogP contribution in [0.2, 0.25) is 0 Å². The zero-order valence-electron chi connectivity index (χ0n) is 14.1. The molecule has 0 bridgehead atoms. The molecule has 0 unspecified atom stereocenters. The SMILES string of the molecule is O=C(C=Cc1ccc(O)cc1)Nc1ccc(S(=O)(=O)N2CCCC2)cc1. The summed E-state index contributed by atoms with van der Waals surface area (Å²) in [5, 5.41) is 11.9. The van der Waals surface area contributed by atoms with Crippen molar-refractivity contribution in [2.75, 3.05) is 18.4 Å². The van der Waals surface area contributed by atoms with Crippen molar-refractivity contribution >= 4 is 27.7 Å². The van der Waals surface area contributed by atoms with E-state index in [1.54, 1.807) is 30.3 Å². The molecule has 7 heteroatoms. The van der Waals surface area contributed by atoms with E-state index < -0.39 is 10.0 Å². The first kappa shape index (κ1) is 18.2. The van der Waals surface area contributed by atoms with Crippen molar-refractivity contribution in [2.45, 2.75) is 17.7 Å². The van der Waals surface area contributed by atoms with E-state index in [1.807, 2.05) is 0 Å². The molecular weight excluding hydrogens is 352 g/mol. The molecule has 0 atom stereocenters. The van der Waals surface area contributed by atoms with Crippen molar-refractivity contribution < 1.29 is 18.3 Å². The number of nitrogens with one attached hydrogen (secondary N) is 1. The number of sulfonamides is 1. The van der Waals surface area contributed by atoms with E-state index in [-0.39, 0.29) is 16.6 Å². The van der Waals surface area contributed by atoms with Gasteiger partial charge in [-0.25, -0.2) is 8.42 Å². The molecule has 1 saturated heterocycles. The average molecular weight is 372 g/mol. The number of anilines is 1. The van der Waals surface area contributed by atoms with Gasteiger partial charge in [-0.05, 0) is 60.9 Å². The molecule has 0 saturated carbocycles. The zero-order valence-corrected chi connectivity index (χ0v) is 14.9. The minimum atomic E-state index is -3.45. The lowest BCUT2D eigenvalue weighted by Gasteiger charge is -2.15. The maximum atomic E-state index is 12.5. The highest BCUT2D eigenvalue weighted by molar-refractivity contribution is 7.89. The van der Waals surface area contributed by atoms with Gasteiger partial charge in [-0.1, -0.05) is 12.1 Å². The molecule has 1 aliphatic heterocycles. The molecule has 6 nitrogen and oxygen atoms in total. The first-order valence-corrected chi connectivity index (χ1v) is 9.77. The highest BCUT2D eigenvalue weighted by atomic mass is 32.2. The lowest BCUT2D eigenvalue weighted by atomic mass is 10.2. The van der Waals surface area contributed by atoms with Crippen molar-refractivity contribution in [3.05, 3.63) is 60.2 Å². The third-order valence-corrected chi connectivity index (χ3v) is 6.06. The van der Waals surface area contributed by atoms with Gasteiger partial charge in [0.1, 0.15) is 5.75 Å². The minimum absolute atomic E-state index is 0.163. The molecule has 1 aliphatic rings. The van der Waals surface area contributed by atoms with Crippen molar-refractivity contribution in [1.29, 1.82) is 0 Å². The second kappa shape index (κ2) is 7.72. The molecule has 3 rings (SSSR count). The molecule has 0 spiro atoms. The number of hydrogen-bond acceptors (Lipinski definition) is 4. The summed E-state index contributed by atoms with van der Waals surface area (Å²) >= 11 is 0. The number of carbonyl (C=O) groups is 1. The van der Waals surface area contributed by atoms with Crippen LogP contribution in [0.25, 0.3) is 6.08 Å². The Labute approximate surface area is 152 Å². The Bertz CT molecular complexity index is 898. The molecule has 136 valence electrons. The number of phenolic OH excluding ortho intramolecular Hbond substituents is 1. The molecular formula is C19H20N2O4S. The molecule has 0 aromatic heterocycles. The Kier molecular flexibility index (Phi) is 5.39. The van der Waals surface area contributed by atoms with Gasteiger partial charge in [-0.15, -0.1) is 0 Å². The lowest BCUT2D eigenvalue weighted by Crippen LogP contribution is -2.27. The number of nitrogens with zero attached hydrogens (tertiary/aromatic N) is 1. The highest BCUT2D eigenvalue weighted by Crippen LogP contribution is 2.22. The van der Waals surface area contributed by atoms with Gasteiger partial charge in [0.25, 0.3) is 0 Å². The Morgan fingerprint density at radius 2 is 1.62 bits per heavy atom. The van der Waals surface area contributed by atoms with Crippen LogP contribution in [-0.4, -0.2) is 36.8 Å². The Balaban J connectivity index is 1.63. The molecule has 26 heavy (non-hydrogen) atoms. The summed E-state index contributed by atoms with van der Waals surface area (Å²) in [4.78, 5) is 12.2. The third kappa shape index (κ3) is 4.30. The number of benzene rings is 2. The van der Waals surface area contributed by atoms with E-state index in [1.165, 1.54) is 34.6 Å². The summed E-state index contributed by atoms with van der Waals surface area (Å²) in [5.41, 5.74) is 1.30. The molecule has 1 amide bonds. The summed E-state index contributed by atoms with van der Waals surface area (Å²) in [5.74, 6) is -0.163. The molecule has 2 aromatic rings. The number of carbonyl (C=O) groups excluding carboxylic acids is 1. The predicted molar refractivity (Wildman–Crippen MR) is 100 cm³/mol. The lowest BCUT2D eigenvalue weighted by molar-refractivity contribution is -0.111. The topological polar surface area (TPSA) is 86.7 Å². The number of phenols is 1. The second-order valence-electron chi connectivity index (χ2n) is 6.05. The summed E-state index contributed by atoms with van der Waals surface area (Å²) in [6.07, 6.45) is 4.78. The first-order valence-electron chi connectivity index (χ1n) is 8.33. The standard InChI is InChI=1S/C19H20N2O4S/c22-17-8-3-15(4-9-17)5-12-19(23)20-16-6-10-18(11-7-16)26(24,25)21-13-1-2-14-21/h3-12,22H,1-2,13-14H2,(H,20,23). The van der Waals surface area contributed by atoms with Gasteiger partial charge in [0.05, 0.1) is 4.90 Å². The summed E-state index contributed by atoms with van der Waals surface area (Å²) < 4.78 is 26.4. The summed E-state index contributed by atoms with van der Waals surface area (Å²) in [6, 6.07) is 12.6. The van der Waals surface area contributed by atoms with Gasteiger partial charge in [-0.2, -0.15) is 4.31 Å². The van der Waals surface area contributed by atoms with Gasteiger partial charge in [-0.3, -0.25) is 4.79 Å². The molecule has 1 heterocycles. The van der Waals surface area contributed by atoms with E-state index in [2.05, 4.69) is 5.32 Å². The quantitative estimate of drug-likeness (QED) is 0.790. The Hall–Kier alpha value is -2.64. The normalized spacial score (nSPS) is 15.4. The largest absolute Gasteiger partial charge is 0.508 e. The van der Waals surface area contributed by atoms with E-state index in [0.29, 0.717) is 18.8 Å². The zero-order chi connectivity index (χ0) is 18.6. The number of aromatic hydroxyl groups is 1. The van der Waals surface area contributed by atoms with Gasteiger partial charge >= 0.3 is 0 Å². The number of amides is 1. The van der Waals surface area contributed by atoms with E-state index in [9.17, 15) is 18.3 Å². The van der Waals surface area contributed by atoms with Crippen LogP contribution in [0.15, 0.2) is 59.5 Å². The first-order chi connectivity index (χ1) is 12.4. The van der Waals surface area contributed by atoms with Crippen molar-refractivity contribution in [3.63, 3.8) is 0 Å². The highest BCUT2D eigenvalue weighted by Gasteiger charge is 2.26. The van der Waals surface area contributed by atoms with Gasteiger partial charge in [0.15, 0.2) is 0 Å². The molecule has 1 fully saturated rings. The number of hydrogen-bond donors (Lipinski definition) is 2. The Morgan fingerprint density at radius 1 is 1.00 bits per heavy atom. The van der Waals surface area contributed by atoms with E-state index >= 15 is 0 Å². The fraction of sp³-hybridized carbons (Fsp3) is 0.211. The van der Waals surface area contributed by atoms with E-state index in [4.69, 9.17) is 0 Å². The maximum absolute atomic E-state index is 12.5. The number of rotatable bonds is 5. The van der Waals surface area contributed by atoms with Gasteiger partial charge < -0.3 is 10.4 Å². The van der Waals surface area contributed by atoms with Crippen LogP contribution in [0.5, 0.6) is 5.75 Å². The molecule has 2 N–H and O–H groups in total. The van der Waals surface area contributed by atoms with Crippen molar-refractivity contribution in [1.82, 2.24) is 4.31 Å². The van der Waals surface area contributed by atoms with Crippen LogP contribution in [0.3, 0.4) is 0 Å². The summed E-state index contributed by atoms with van der Waals surface area (Å²) in [7, 11) is -3.45. The fourth-order valence-electron chi connectivity index (χ4n) is 2.73. The van der Waals surface area contributed by atoms with Crippen LogP contribution >= 0.6 is 0 Å². The van der Waals surface area contributed by atoms with E-state index in [0.717, 1.165) is 18.4 Å². The average Bonchev–Trinajstić information content (AvgIpc) is 3.17. The van der Waals surface area contributed by atoms with Gasteiger partial charge in [0, 0.05) is 24.9 Å².